The fraction of sp³-hybridized carbons (Fsp3) is 0.850. The van der Waals surface area contributed by atoms with Crippen molar-refractivity contribution in [2.75, 3.05) is 13.7 Å². The molecule has 0 aromatic heterocycles. The number of ether oxygens (including phenoxy) is 1. The Balaban J connectivity index is 2.14. The van der Waals surface area contributed by atoms with Gasteiger partial charge in [0.05, 0.1) is 13.0 Å². The zero-order chi connectivity index (χ0) is 17.0. The van der Waals surface area contributed by atoms with Gasteiger partial charge in [-0.25, -0.2) is 0 Å². The highest BCUT2D eigenvalue weighted by atomic mass is 16.5. The molecule has 0 saturated heterocycles. The summed E-state index contributed by atoms with van der Waals surface area (Å²) in [5, 5.41) is 9.12. The second-order valence-electron chi connectivity index (χ2n) is 8.08. The minimum atomic E-state index is -0.0131. The summed E-state index contributed by atoms with van der Waals surface area (Å²) in [7, 11) is 1.52. The Hall–Kier alpha value is -0.830. The van der Waals surface area contributed by atoms with Gasteiger partial charge >= 0.3 is 5.97 Å². The molecule has 0 spiro atoms. The average Bonchev–Trinajstić information content (AvgIpc) is 2.52. The molecule has 0 amide bonds. The van der Waals surface area contributed by atoms with Crippen LogP contribution in [0.4, 0.5) is 0 Å². The quantitative estimate of drug-likeness (QED) is 0.584. The van der Waals surface area contributed by atoms with Crippen LogP contribution in [0.5, 0.6) is 0 Å². The van der Waals surface area contributed by atoms with Crippen molar-refractivity contribution in [3.8, 4) is 0 Å². The number of hydrogen-bond acceptors (Lipinski definition) is 3. The van der Waals surface area contributed by atoms with Crippen LogP contribution in [0.2, 0.25) is 0 Å². The van der Waals surface area contributed by atoms with Crippen molar-refractivity contribution in [3.63, 3.8) is 0 Å². The van der Waals surface area contributed by atoms with Crippen LogP contribution in [-0.2, 0) is 9.53 Å². The summed E-state index contributed by atoms with van der Waals surface area (Å²) in [6.07, 6.45) is 8.57. The standard InChI is InChI=1S/C20H34O3/c1-14(11-13-21)7-9-17-15(2)8-10-18-16(19(22)23-4)6-5-12-20(17,18)3/h14,16-18,21H,2,5-13H2,1,3-4H3. The normalized spacial score (nSPS) is 35.5. The predicted molar refractivity (Wildman–Crippen MR) is 92.9 cm³/mol. The second-order valence-corrected chi connectivity index (χ2v) is 8.08. The van der Waals surface area contributed by atoms with Crippen molar-refractivity contribution in [2.45, 2.75) is 65.2 Å². The van der Waals surface area contributed by atoms with Crippen molar-refractivity contribution in [2.24, 2.45) is 29.1 Å². The van der Waals surface area contributed by atoms with Gasteiger partial charge in [-0.3, -0.25) is 4.79 Å². The van der Waals surface area contributed by atoms with Crippen molar-refractivity contribution in [1.29, 1.82) is 0 Å². The van der Waals surface area contributed by atoms with Gasteiger partial charge < -0.3 is 9.84 Å². The molecule has 2 saturated carbocycles. The topological polar surface area (TPSA) is 46.5 Å². The number of aliphatic hydroxyl groups is 1. The van der Waals surface area contributed by atoms with Crippen molar-refractivity contribution >= 4 is 5.97 Å². The molecule has 3 heteroatoms. The molecule has 0 aromatic carbocycles. The largest absolute Gasteiger partial charge is 0.469 e. The van der Waals surface area contributed by atoms with Gasteiger partial charge in [-0.2, -0.15) is 0 Å². The third kappa shape index (κ3) is 3.81. The maximum atomic E-state index is 12.2. The lowest BCUT2D eigenvalue weighted by atomic mass is 9.50. The molecule has 1 N–H and O–H groups in total. The lowest BCUT2D eigenvalue weighted by Gasteiger charge is -2.54. The first-order valence-electron chi connectivity index (χ1n) is 9.30. The van der Waals surface area contributed by atoms with Crippen LogP contribution >= 0.6 is 0 Å². The molecule has 0 aromatic rings. The summed E-state index contributed by atoms with van der Waals surface area (Å²) in [6.45, 7) is 9.26. The van der Waals surface area contributed by atoms with Crippen molar-refractivity contribution < 1.29 is 14.6 Å². The number of allylic oxidation sites excluding steroid dienone is 1. The number of carbonyl (C=O) groups excluding carboxylic acids is 1. The predicted octanol–water partition coefficient (Wildman–Crippen LogP) is 4.35. The minimum absolute atomic E-state index is 0.0131. The fourth-order valence-electron chi connectivity index (χ4n) is 5.28. The molecule has 3 nitrogen and oxygen atoms in total. The lowest BCUT2D eigenvalue weighted by Crippen LogP contribution is -2.48. The van der Waals surface area contributed by atoms with E-state index in [4.69, 9.17) is 9.84 Å². The Morgan fingerprint density at radius 3 is 2.83 bits per heavy atom. The Morgan fingerprint density at radius 1 is 1.43 bits per heavy atom. The molecule has 2 aliphatic rings. The van der Waals surface area contributed by atoms with Crippen LogP contribution < -0.4 is 0 Å². The summed E-state index contributed by atoms with van der Waals surface area (Å²) in [6, 6.07) is 0. The van der Waals surface area contributed by atoms with Gasteiger partial charge in [0.1, 0.15) is 0 Å². The highest BCUT2D eigenvalue weighted by Crippen LogP contribution is 2.58. The molecule has 5 atom stereocenters. The first kappa shape index (κ1) is 18.5. The Labute approximate surface area is 141 Å². The molecule has 132 valence electrons. The molecular weight excluding hydrogens is 288 g/mol. The smallest absolute Gasteiger partial charge is 0.308 e. The van der Waals surface area contributed by atoms with Crippen molar-refractivity contribution in [1.82, 2.24) is 0 Å². The number of fused-ring (bicyclic) bond motifs is 1. The van der Waals surface area contributed by atoms with Gasteiger partial charge in [0.15, 0.2) is 0 Å². The molecule has 2 fully saturated rings. The first-order valence-corrected chi connectivity index (χ1v) is 9.30. The Bertz CT molecular complexity index is 431. The van der Waals surface area contributed by atoms with Crippen LogP contribution in [0.15, 0.2) is 12.2 Å². The van der Waals surface area contributed by atoms with Gasteiger partial charge in [-0.15, -0.1) is 0 Å². The van der Waals surface area contributed by atoms with E-state index in [2.05, 4.69) is 20.4 Å². The summed E-state index contributed by atoms with van der Waals surface area (Å²) in [4.78, 5) is 12.2. The monoisotopic (exact) mass is 322 g/mol. The maximum absolute atomic E-state index is 12.2. The summed E-state index contributed by atoms with van der Waals surface area (Å²) >= 11 is 0. The third-order valence-electron chi connectivity index (χ3n) is 6.70. The summed E-state index contributed by atoms with van der Waals surface area (Å²) < 4.78 is 5.09. The van der Waals surface area contributed by atoms with Crippen LogP contribution in [0, 0.1) is 29.1 Å². The maximum Gasteiger partial charge on any atom is 0.308 e. The molecule has 2 aliphatic carbocycles. The van der Waals surface area contributed by atoms with Crippen molar-refractivity contribution in [3.05, 3.63) is 12.2 Å². The summed E-state index contributed by atoms with van der Waals surface area (Å²) in [5.74, 6) is 1.56. The van der Waals surface area contributed by atoms with E-state index in [1.54, 1.807) is 0 Å². The van der Waals surface area contributed by atoms with Gasteiger partial charge in [-0.05, 0) is 61.7 Å². The lowest BCUT2D eigenvalue weighted by molar-refractivity contribution is -0.154. The van der Waals surface area contributed by atoms with E-state index in [-0.39, 0.29) is 23.9 Å². The van der Waals surface area contributed by atoms with Crippen LogP contribution in [-0.4, -0.2) is 24.8 Å². The molecule has 0 radical (unpaired) electrons. The molecule has 2 rings (SSSR count). The molecule has 0 heterocycles. The van der Waals surface area contributed by atoms with Crippen LogP contribution in [0.3, 0.4) is 0 Å². The fourth-order valence-corrected chi connectivity index (χ4v) is 5.28. The van der Waals surface area contributed by atoms with E-state index in [9.17, 15) is 4.79 Å². The van der Waals surface area contributed by atoms with Crippen LogP contribution in [0.25, 0.3) is 0 Å². The zero-order valence-electron chi connectivity index (χ0n) is 15.1. The number of carbonyl (C=O) groups is 1. The van der Waals surface area contributed by atoms with E-state index in [0.717, 1.165) is 44.9 Å². The van der Waals surface area contributed by atoms with Crippen LogP contribution in [0.1, 0.15) is 65.2 Å². The Kier molecular flexibility index (Phi) is 6.30. The van der Waals surface area contributed by atoms with Gasteiger partial charge in [0.25, 0.3) is 0 Å². The van der Waals surface area contributed by atoms with E-state index in [0.29, 0.717) is 17.8 Å². The summed E-state index contributed by atoms with van der Waals surface area (Å²) in [5.41, 5.74) is 1.57. The van der Waals surface area contributed by atoms with E-state index >= 15 is 0 Å². The highest BCUT2D eigenvalue weighted by Gasteiger charge is 2.51. The number of hydrogen-bond donors (Lipinski definition) is 1. The molecular formula is C20H34O3. The SMILES string of the molecule is C=C1CCC2C(C(=O)OC)CCCC2(C)C1CCC(C)CCO. The van der Waals surface area contributed by atoms with E-state index in [1.165, 1.54) is 19.1 Å². The Morgan fingerprint density at radius 2 is 2.17 bits per heavy atom. The minimum Gasteiger partial charge on any atom is -0.469 e. The number of rotatable bonds is 6. The number of aliphatic hydroxyl groups excluding tert-OH is 1. The number of methoxy groups -OCH3 is 1. The number of esters is 1. The second kappa shape index (κ2) is 7.83. The molecule has 5 unspecified atom stereocenters. The molecule has 0 bridgehead atoms. The van der Waals surface area contributed by atoms with Gasteiger partial charge in [0.2, 0.25) is 0 Å². The molecule has 23 heavy (non-hydrogen) atoms. The highest BCUT2D eigenvalue weighted by molar-refractivity contribution is 5.73. The van der Waals surface area contributed by atoms with Gasteiger partial charge in [-0.1, -0.05) is 38.8 Å². The average molecular weight is 322 g/mol. The third-order valence-corrected chi connectivity index (χ3v) is 6.70. The zero-order valence-corrected chi connectivity index (χ0v) is 15.1. The first-order chi connectivity index (χ1) is 10.9. The molecule has 0 aliphatic heterocycles. The van der Waals surface area contributed by atoms with Gasteiger partial charge in [0, 0.05) is 6.61 Å². The van der Waals surface area contributed by atoms with E-state index in [1.807, 2.05) is 0 Å². The van der Waals surface area contributed by atoms with E-state index < -0.39 is 0 Å².